The molecule has 64 valence electrons. The second kappa shape index (κ2) is 2.54. The average molecular weight is 185 g/mol. The Morgan fingerprint density at radius 1 is 1.50 bits per heavy atom. The van der Waals surface area contributed by atoms with Crippen LogP contribution in [0.2, 0.25) is 5.02 Å². The number of hydrogen-bond acceptors (Lipinski definition) is 3. The first kappa shape index (κ1) is 7.71. The van der Waals surface area contributed by atoms with E-state index >= 15 is 0 Å². The molecule has 0 radical (unpaired) electrons. The Morgan fingerprint density at radius 3 is 3.00 bits per heavy atom. The Labute approximate surface area is 75.3 Å². The van der Waals surface area contributed by atoms with E-state index in [-0.39, 0.29) is 6.04 Å². The van der Waals surface area contributed by atoms with E-state index in [9.17, 15) is 0 Å². The smallest absolute Gasteiger partial charge is 0.126 e. The van der Waals surface area contributed by atoms with Crippen LogP contribution in [0.5, 0.6) is 5.75 Å². The number of ether oxygens (including phenoxy) is 1. The molecule has 0 aromatic heterocycles. The zero-order valence-corrected chi connectivity index (χ0v) is 7.14. The van der Waals surface area contributed by atoms with Crippen LogP contribution in [0.4, 0.5) is 5.69 Å². The molecule has 1 aromatic rings. The van der Waals surface area contributed by atoms with Gasteiger partial charge in [-0.15, -0.1) is 0 Å². The molecule has 1 aliphatic heterocycles. The van der Waals surface area contributed by atoms with Crippen LogP contribution in [0.15, 0.2) is 12.1 Å². The number of nitrogens with two attached hydrogens (primary N) is 2. The minimum absolute atomic E-state index is 0.140. The molecule has 0 fully saturated rings. The minimum Gasteiger partial charge on any atom is -0.491 e. The van der Waals surface area contributed by atoms with Gasteiger partial charge in [0.1, 0.15) is 12.4 Å². The van der Waals surface area contributed by atoms with Crippen LogP contribution >= 0.6 is 11.6 Å². The maximum absolute atomic E-state index is 5.82. The van der Waals surface area contributed by atoms with E-state index < -0.39 is 0 Å². The molecule has 0 saturated heterocycles. The third-order valence-electron chi connectivity index (χ3n) is 1.98. The Kier molecular flexibility index (Phi) is 1.63. The summed E-state index contributed by atoms with van der Waals surface area (Å²) in [5, 5.41) is 0.537. The standard InChI is InChI=1S/C8H9ClN2O/c9-4-1-2-6-7(8(4)11)5(10)3-12-6/h1-2,5H,3,10-11H2. The lowest BCUT2D eigenvalue weighted by Gasteiger charge is -2.06. The molecule has 1 unspecified atom stereocenters. The van der Waals surface area contributed by atoms with Gasteiger partial charge < -0.3 is 16.2 Å². The van der Waals surface area contributed by atoms with Crippen molar-refractivity contribution in [1.82, 2.24) is 0 Å². The molecule has 4 heteroatoms. The predicted molar refractivity (Wildman–Crippen MR) is 48.3 cm³/mol. The quantitative estimate of drug-likeness (QED) is 0.598. The lowest BCUT2D eigenvalue weighted by Crippen LogP contribution is -2.12. The van der Waals surface area contributed by atoms with Crippen molar-refractivity contribution in [2.45, 2.75) is 6.04 Å². The maximum atomic E-state index is 5.82. The normalized spacial score (nSPS) is 20.3. The summed E-state index contributed by atoms with van der Waals surface area (Å²) < 4.78 is 5.28. The van der Waals surface area contributed by atoms with Crippen LogP contribution in [-0.4, -0.2) is 6.61 Å². The molecule has 1 heterocycles. The van der Waals surface area contributed by atoms with Gasteiger partial charge in [0.05, 0.1) is 16.8 Å². The van der Waals surface area contributed by atoms with Crippen LogP contribution in [-0.2, 0) is 0 Å². The summed E-state index contributed by atoms with van der Waals surface area (Å²) in [6.07, 6.45) is 0. The number of nitrogen functional groups attached to an aromatic ring is 1. The summed E-state index contributed by atoms with van der Waals surface area (Å²) in [5.74, 6) is 0.754. The van der Waals surface area contributed by atoms with Crippen LogP contribution in [0.3, 0.4) is 0 Å². The summed E-state index contributed by atoms with van der Waals surface area (Å²) in [6.45, 7) is 0.486. The van der Waals surface area contributed by atoms with Crippen LogP contribution in [0.25, 0.3) is 0 Å². The summed E-state index contributed by atoms with van der Waals surface area (Å²) >= 11 is 5.82. The number of hydrogen-bond donors (Lipinski definition) is 2. The SMILES string of the molecule is Nc1c(Cl)ccc2c1C(N)CO2. The van der Waals surface area contributed by atoms with Gasteiger partial charge in [0.2, 0.25) is 0 Å². The van der Waals surface area contributed by atoms with Gasteiger partial charge in [0.15, 0.2) is 0 Å². The molecule has 3 nitrogen and oxygen atoms in total. The van der Waals surface area contributed by atoms with Crippen molar-refractivity contribution in [2.75, 3.05) is 12.3 Å². The van der Waals surface area contributed by atoms with Gasteiger partial charge >= 0.3 is 0 Å². The Hall–Kier alpha value is -0.930. The monoisotopic (exact) mass is 184 g/mol. The fraction of sp³-hybridized carbons (Fsp3) is 0.250. The van der Waals surface area contributed by atoms with Gasteiger partial charge in [0, 0.05) is 5.56 Å². The molecule has 0 saturated carbocycles. The fourth-order valence-corrected chi connectivity index (χ4v) is 1.53. The Morgan fingerprint density at radius 2 is 2.25 bits per heavy atom. The molecule has 1 aliphatic rings. The number of fused-ring (bicyclic) bond motifs is 1. The van der Waals surface area contributed by atoms with Crippen molar-refractivity contribution in [2.24, 2.45) is 5.73 Å². The lowest BCUT2D eigenvalue weighted by molar-refractivity contribution is 0.333. The fourth-order valence-electron chi connectivity index (χ4n) is 1.36. The van der Waals surface area contributed by atoms with Crippen molar-refractivity contribution < 1.29 is 4.74 Å². The maximum Gasteiger partial charge on any atom is 0.126 e. The molecule has 1 aromatic carbocycles. The highest BCUT2D eigenvalue weighted by molar-refractivity contribution is 6.33. The zero-order valence-electron chi connectivity index (χ0n) is 6.38. The summed E-state index contributed by atoms with van der Waals surface area (Å²) in [6, 6.07) is 3.37. The minimum atomic E-state index is -0.140. The van der Waals surface area contributed by atoms with Gasteiger partial charge in [0.25, 0.3) is 0 Å². The highest BCUT2D eigenvalue weighted by Crippen LogP contribution is 2.38. The van der Waals surface area contributed by atoms with Gasteiger partial charge in [-0.2, -0.15) is 0 Å². The van der Waals surface area contributed by atoms with Gasteiger partial charge in [-0.1, -0.05) is 11.6 Å². The first-order valence-electron chi connectivity index (χ1n) is 3.66. The van der Waals surface area contributed by atoms with Crippen molar-refractivity contribution in [3.8, 4) is 5.75 Å². The third kappa shape index (κ3) is 0.940. The number of halogens is 1. The molecule has 0 bridgehead atoms. The van der Waals surface area contributed by atoms with E-state index in [0.29, 0.717) is 17.3 Å². The van der Waals surface area contributed by atoms with Gasteiger partial charge in [-0.25, -0.2) is 0 Å². The lowest BCUT2D eigenvalue weighted by atomic mass is 10.1. The van der Waals surface area contributed by atoms with Crippen LogP contribution < -0.4 is 16.2 Å². The van der Waals surface area contributed by atoms with E-state index in [1.165, 1.54) is 0 Å². The molecule has 0 amide bonds. The van der Waals surface area contributed by atoms with E-state index in [1.807, 2.05) is 0 Å². The van der Waals surface area contributed by atoms with Gasteiger partial charge in [-0.3, -0.25) is 0 Å². The summed E-state index contributed by atoms with van der Waals surface area (Å²) in [7, 11) is 0. The predicted octanol–water partition coefficient (Wildman–Crippen LogP) is 1.31. The first-order valence-corrected chi connectivity index (χ1v) is 4.04. The van der Waals surface area contributed by atoms with E-state index in [2.05, 4.69) is 0 Å². The topological polar surface area (TPSA) is 61.3 Å². The molecule has 12 heavy (non-hydrogen) atoms. The second-order valence-electron chi connectivity index (χ2n) is 2.79. The van der Waals surface area contributed by atoms with Gasteiger partial charge in [-0.05, 0) is 12.1 Å². The van der Waals surface area contributed by atoms with E-state index in [0.717, 1.165) is 11.3 Å². The molecular formula is C8H9ClN2O. The molecule has 4 N–H and O–H groups in total. The Balaban J connectivity index is 2.63. The zero-order chi connectivity index (χ0) is 8.72. The van der Waals surface area contributed by atoms with Crippen LogP contribution in [0.1, 0.15) is 11.6 Å². The first-order chi connectivity index (χ1) is 5.70. The molecular weight excluding hydrogens is 176 g/mol. The van der Waals surface area contributed by atoms with Crippen molar-refractivity contribution in [3.63, 3.8) is 0 Å². The van der Waals surface area contributed by atoms with Crippen molar-refractivity contribution in [3.05, 3.63) is 22.7 Å². The Bertz CT molecular complexity index is 327. The molecule has 2 rings (SSSR count). The summed E-state index contributed by atoms with van der Waals surface area (Å²) in [4.78, 5) is 0. The molecule has 0 aliphatic carbocycles. The summed E-state index contributed by atoms with van der Waals surface area (Å²) in [5.41, 5.74) is 12.9. The number of rotatable bonds is 0. The van der Waals surface area contributed by atoms with E-state index in [4.69, 9.17) is 27.8 Å². The number of anilines is 1. The highest BCUT2D eigenvalue weighted by Gasteiger charge is 2.24. The largest absolute Gasteiger partial charge is 0.491 e. The second-order valence-corrected chi connectivity index (χ2v) is 3.20. The van der Waals surface area contributed by atoms with E-state index in [1.54, 1.807) is 12.1 Å². The highest BCUT2D eigenvalue weighted by atomic mass is 35.5. The van der Waals surface area contributed by atoms with Crippen LogP contribution in [0, 0.1) is 0 Å². The third-order valence-corrected chi connectivity index (χ3v) is 2.31. The average Bonchev–Trinajstić information content (AvgIpc) is 2.41. The van der Waals surface area contributed by atoms with Crippen molar-refractivity contribution in [1.29, 1.82) is 0 Å². The van der Waals surface area contributed by atoms with Crippen molar-refractivity contribution >= 4 is 17.3 Å². The molecule has 1 atom stereocenters. The number of benzene rings is 1. The molecule has 0 spiro atoms.